The Bertz CT molecular complexity index is 212. The summed E-state index contributed by atoms with van der Waals surface area (Å²) in [6.45, 7) is 1.51. The number of rotatable bonds is 4. The third kappa shape index (κ3) is 4.81. The zero-order valence-corrected chi connectivity index (χ0v) is 10.3. The van der Waals surface area contributed by atoms with Crippen LogP contribution in [0.2, 0.25) is 0 Å². The largest absolute Gasteiger partial charge is 0.337 e. The van der Waals surface area contributed by atoms with Gasteiger partial charge in [0, 0.05) is 39.3 Å². The van der Waals surface area contributed by atoms with Gasteiger partial charge in [-0.25, -0.2) is 4.79 Å². The maximum Gasteiger partial charge on any atom is 0.316 e. The molecule has 1 fully saturated rings. The Morgan fingerprint density at radius 2 is 1.88 bits per heavy atom. The summed E-state index contributed by atoms with van der Waals surface area (Å²) in [5.41, 5.74) is 5.83. The van der Waals surface area contributed by atoms with Gasteiger partial charge in [0.05, 0.1) is 0 Å². The fraction of sp³-hybridized carbons (Fsp3) is 0.909. The molecule has 0 aromatic carbocycles. The molecule has 0 saturated heterocycles. The highest BCUT2D eigenvalue weighted by Gasteiger charge is 2.17. The van der Waals surface area contributed by atoms with E-state index in [0.717, 1.165) is 32.2 Å². The van der Waals surface area contributed by atoms with Crippen molar-refractivity contribution in [3.63, 3.8) is 0 Å². The number of nitrogens with one attached hydrogen (secondary N) is 2. The van der Waals surface area contributed by atoms with Crippen LogP contribution >= 0.6 is 0 Å². The molecule has 0 aromatic rings. The topological polar surface area (TPSA) is 70.4 Å². The first-order chi connectivity index (χ1) is 7.59. The van der Waals surface area contributed by atoms with E-state index in [1.165, 1.54) is 0 Å². The molecule has 0 radical (unpaired) electrons. The zero-order valence-electron chi connectivity index (χ0n) is 10.3. The number of carbonyl (C=O) groups excluding carboxylic acids is 1. The van der Waals surface area contributed by atoms with Crippen molar-refractivity contribution < 1.29 is 4.79 Å². The van der Waals surface area contributed by atoms with Crippen LogP contribution in [0.1, 0.15) is 25.7 Å². The van der Waals surface area contributed by atoms with Crippen LogP contribution in [-0.2, 0) is 0 Å². The van der Waals surface area contributed by atoms with Gasteiger partial charge in [-0.15, -0.1) is 0 Å². The van der Waals surface area contributed by atoms with Gasteiger partial charge in [-0.2, -0.15) is 0 Å². The van der Waals surface area contributed by atoms with E-state index >= 15 is 0 Å². The van der Waals surface area contributed by atoms with E-state index in [0.29, 0.717) is 18.6 Å². The Hall–Kier alpha value is -0.810. The Balaban J connectivity index is 2.01. The van der Waals surface area contributed by atoms with Crippen molar-refractivity contribution in [2.75, 3.05) is 27.2 Å². The zero-order chi connectivity index (χ0) is 12.0. The lowest BCUT2D eigenvalue weighted by Gasteiger charge is -2.27. The summed E-state index contributed by atoms with van der Waals surface area (Å²) in [6, 6.07) is 0.940. The predicted molar refractivity (Wildman–Crippen MR) is 65.3 cm³/mol. The molecule has 0 heterocycles. The van der Waals surface area contributed by atoms with Gasteiger partial charge < -0.3 is 21.3 Å². The van der Waals surface area contributed by atoms with Gasteiger partial charge in [0.2, 0.25) is 0 Å². The summed E-state index contributed by atoms with van der Waals surface area (Å²) in [4.78, 5) is 12.7. The number of carbonyl (C=O) groups is 1. The normalized spacial score (nSPS) is 25.2. The lowest BCUT2D eigenvalue weighted by Crippen LogP contribution is -2.42. The number of amides is 2. The van der Waals surface area contributed by atoms with Gasteiger partial charge in [-0.05, 0) is 25.7 Å². The molecule has 0 bridgehead atoms. The standard InChI is InChI=1S/C11H24N4O/c1-15(2)11(16)14-8-7-13-10-5-3-9(12)4-6-10/h9-10,13H,3-8,12H2,1-2H3,(H,14,16). The highest BCUT2D eigenvalue weighted by atomic mass is 16.2. The number of nitrogens with two attached hydrogens (primary N) is 1. The molecule has 94 valence electrons. The van der Waals surface area contributed by atoms with Crippen molar-refractivity contribution in [1.82, 2.24) is 15.5 Å². The van der Waals surface area contributed by atoms with Crippen LogP contribution in [0.3, 0.4) is 0 Å². The van der Waals surface area contributed by atoms with Crippen molar-refractivity contribution in [3.05, 3.63) is 0 Å². The highest BCUT2D eigenvalue weighted by molar-refractivity contribution is 5.73. The van der Waals surface area contributed by atoms with Crippen molar-refractivity contribution in [2.45, 2.75) is 37.8 Å². The summed E-state index contributed by atoms with van der Waals surface area (Å²) in [6.07, 6.45) is 4.54. The third-order valence-electron chi connectivity index (χ3n) is 3.01. The van der Waals surface area contributed by atoms with Crippen molar-refractivity contribution in [2.24, 2.45) is 5.73 Å². The third-order valence-corrected chi connectivity index (χ3v) is 3.01. The van der Waals surface area contributed by atoms with Crippen LogP contribution in [0, 0.1) is 0 Å². The number of hydrogen-bond acceptors (Lipinski definition) is 3. The molecule has 0 aromatic heterocycles. The first-order valence-electron chi connectivity index (χ1n) is 6.03. The van der Waals surface area contributed by atoms with E-state index in [-0.39, 0.29) is 6.03 Å². The van der Waals surface area contributed by atoms with Crippen molar-refractivity contribution in [1.29, 1.82) is 0 Å². The Morgan fingerprint density at radius 3 is 2.44 bits per heavy atom. The minimum absolute atomic E-state index is 0.0348. The summed E-state index contributed by atoms with van der Waals surface area (Å²) in [7, 11) is 3.48. The van der Waals surface area contributed by atoms with Gasteiger partial charge in [-0.3, -0.25) is 0 Å². The monoisotopic (exact) mass is 228 g/mol. The molecule has 1 aliphatic carbocycles. The number of urea groups is 1. The number of hydrogen-bond donors (Lipinski definition) is 3. The average Bonchev–Trinajstić information content (AvgIpc) is 2.26. The predicted octanol–water partition coefficient (Wildman–Crippen LogP) is 0.117. The maximum atomic E-state index is 11.2. The van der Waals surface area contributed by atoms with E-state index in [1.54, 1.807) is 19.0 Å². The van der Waals surface area contributed by atoms with Gasteiger partial charge >= 0.3 is 6.03 Å². The Labute approximate surface area is 97.7 Å². The van der Waals surface area contributed by atoms with Crippen LogP contribution < -0.4 is 16.4 Å². The SMILES string of the molecule is CN(C)C(=O)NCCNC1CCC(N)CC1. The molecule has 0 spiro atoms. The summed E-state index contributed by atoms with van der Waals surface area (Å²) in [5, 5.41) is 6.28. The van der Waals surface area contributed by atoms with E-state index in [2.05, 4.69) is 10.6 Å². The van der Waals surface area contributed by atoms with Crippen LogP contribution in [0.5, 0.6) is 0 Å². The molecule has 1 aliphatic rings. The van der Waals surface area contributed by atoms with Crippen LogP contribution in [-0.4, -0.2) is 50.2 Å². The van der Waals surface area contributed by atoms with Crippen molar-refractivity contribution in [3.8, 4) is 0 Å². The fourth-order valence-corrected chi connectivity index (χ4v) is 1.93. The second-order valence-electron chi connectivity index (χ2n) is 4.69. The second kappa shape index (κ2) is 6.70. The molecule has 4 N–H and O–H groups in total. The molecular weight excluding hydrogens is 204 g/mol. The number of nitrogens with zero attached hydrogens (tertiary/aromatic N) is 1. The molecule has 5 heteroatoms. The maximum absolute atomic E-state index is 11.2. The highest BCUT2D eigenvalue weighted by Crippen LogP contribution is 2.16. The smallest absolute Gasteiger partial charge is 0.316 e. The molecule has 2 amide bonds. The lowest BCUT2D eigenvalue weighted by molar-refractivity contribution is 0.217. The molecule has 1 saturated carbocycles. The van der Waals surface area contributed by atoms with E-state index in [4.69, 9.17) is 5.73 Å². The van der Waals surface area contributed by atoms with Crippen LogP contribution in [0.25, 0.3) is 0 Å². The van der Waals surface area contributed by atoms with E-state index in [1.807, 2.05) is 0 Å². The Morgan fingerprint density at radius 1 is 1.25 bits per heavy atom. The van der Waals surface area contributed by atoms with Crippen LogP contribution in [0.15, 0.2) is 0 Å². The molecule has 16 heavy (non-hydrogen) atoms. The summed E-state index contributed by atoms with van der Waals surface area (Å²) < 4.78 is 0. The quantitative estimate of drug-likeness (QED) is 0.598. The van der Waals surface area contributed by atoms with Gasteiger partial charge in [0.25, 0.3) is 0 Å². The molecule has 0 unspecified atom stereocenters. The summed E-state index contributed by atoms with van der Waals surface area (Å²) in [5.74, 6) is 0. The van der Waals surface area contributed by atoms with Crippen LogP contribution in [0.4, 0.5) is 4.79 Å². The molecule has 5 nitrogen and oxygen atoms in total. The second-order valence-corrected chi connectivity index (χ2v) is 4.69. The fourth-order valence-electron chi connectivity index (χ4n) is 1.93. The first kappa shape index (κ1) is 13.3. The molecule has 0 atom stereocenters. The first-order valence-corrected chi connectivity index (χ1v) is 6.03. The van der Waals surface area contributed by atoms with E-state index < -0.39 is 0 Å². The minimum Gasteiger partial charge on any atom is -0.337 e. The molecule has 0 aliphatic heterocycles. The van der Waals surface area contributed by atoms with Gasteiger partial charge in [0.15, 0.2) is 0 Å². The Kier molecular flexibility index (Phi) is 5.55. The average molecular weight is 228 g/mol. The van der Waals surface area contributed by atoms with Crippen molar-refractivity contribution >= 4 is 6.03 Å². The lowest BCUT2D eigenvalue weighted by atomic mass is 9.92. The molecular formula is C11H24N4O. The minimum atomic E-state index is -0.0348. The van der Waals surface area contributed by atoms with Gasteiger partial charge in [-0.1, -0.05) is 0 Å². The van der Waals surface area contributed by atoms with Gasteiger partial charge in [0.1, 0.15) is 0 Å². The summed E-state index contributed by atoms with van der Waals surface area (Å²) >= 11 is 0. The van der Waals surface area contributed by atoms with E-state index in [9.17, 15) is 4.79 Å². The molecule has 1 rings (SSSR count).